The van der Waals surface area contributed by atoms with Crippen LogP contribution in [0.4, 0.5) is 13.2 Å². The number of halogens is 3. The van der Waals surface area contributed by atoms with Crippen molar-refractivity contribution in [1.82, 2.24) is 14.7 Å². The molecule has 31 heavy (non-hydrogen) atoms. The number of hydrogen-bond acceptors (Lipinski definition) is 5. The third-order valence-electron chi connectivity index (χ3n) is 6.17. The number of carboxylic acid groups (broad SMARTS) is 1. The molecule has 1 atom stereocenters. The van der Waals surface area contributed by atoms with E-state index in [0.29, 0.717) is 0 Å². The molecule has 2 fully saturated rings. The predicted molar refractivity (Wildman–Crippen MR) is 106 cm³/mol. The number of fused-ring (bicyclic) bond motifs is 1. The SMILES string of the molecule is O=C(O)C(F)(F)F.c1cc2n(n1)CC(OCC1CCCC1)CN(CC1CCOCC1)C2. The molecule has 1 saturated carbocycles. The maximum atomic E-state index is 10.6. The Labute approximate surface area is 180 Å². The molecular formula is C21H32F3N3O4. The second-order valence-electron chi connectivity index (χ2n) is 8.66. The van der Waals surface area contributed by atoms with E-state index >= 15 is 0 Å². The topological polar surface area (TPSA) is 76.8 Å². The van der Waals surface area contributed by atoms with E-state index in [1.165, 1.54) is 44.2 Å². The number of carbonyl (C=O) groups is 1. The van der Waals surface area contributed by atoms with Crippen LogP contribution < -0.4 is 0 Å². The number of hydrogen-bond donors (Lipinski definition) is 1. The van der Waals surface area contributed by atoms with Crippen LogP contribution >= 0.6 is 0 Å². The highest BCUT2D eigenvalue weighted by Gasteiger charge is 2.38. The maximum absolute atomic E-state index is 10.6. The van der Waals surface area contributed by atoms with Gasteiger partial charge in [-0.15, -0.1) is 0 Å². The number of aromatic nitrogens is 2. The molecule has 1 aliphatic carbocycles. The van der Waals surface area contributed by atoms with Crippen molar-refractivity contribution in [3.63, 3.8) is 0 Å². The molecule has 0 radical (unpaired) electrons. The minimum Gasteiger partial charge on any atom is -0.475 e. The number of aliphatic carboxylic acids is 1. The molecule has 10 heteroatoms. The quantitative estimate of drug-likeness (QED) is 0.746. The van der Waals surface area contributed by atoms with Crippen LogP contribution in [0.15, 0.2) is 12.3 Å². The third-order valence-corrected chi connectivity index (χ3v) is 6.17. The van der Waals surface area contributed by atoms with Gasteiger partial charge in [0.1, 0.15) is 0 Å². The van der Waals surface area contributed by atoms with E-state index in [1.807, 2.05) is 6.20 Å². The van der Waals surface area contributed by atoms with E-state index in [4.69, 9.17) is 19.4 Å². The van der Waals surface area contributed by atoms with Crippen molar-refractivity contribution in [1.29, 1.82) is 0 Å². The van der Waals surface area contributed by atoms with E-state index in [1.54, 1.807) is 0 Å². The van der Waals surface area contributed by atoms with Gasteiger partial charge in [-0.1, -0.05) is 12.8 Å². The highest BCUT2D eigenvalue weighted by atomic mass is 19.4. The summed E-state index contributed by atoms with van der Waals surface area (Å²) in [4.78, 5) is 11.5. The van der Waals surface area contributed by atoms with Crippen molar-refractivity contribution in [2.75, 3.05) is 32.9 Å². The highest BCUT2D eigenvalue weighted by molar-refractivity contribution is 5.73. The summed E-state index contributed by atoms with van der Waals surface area (Å²) < 4.78 is 45.8. The van der Waals surface area contributed by atoms with Gasteiger partial charge < -0.3 is 14.6 Å². The predicted octanol–water partition coefficient (Wildman–Crippen LogP) is 3.33. The van der Waals surface area contributed by atoms with Gasteiger partial charge in [0, 0.05) is 45.7 Å². The van der Waals surface area contributed by atoms with E-state index in [9.17, 15) is 13.2 Å². The summed E-state index contributed by atoms with van der Waals surface area (Å²) in [5.74, 6) is -1.20. The smallest absolute Gasteiger partial charge is 0.475 e. The van der Waals surface area contributed by atoms with Crippen LogP contribution in [-0.2, 0) is 27.4 Å². The average molecular weight is 447 g/mol. The molecule has 3 aliphatic rings. The molecule has 4 rings (SSSR count). The van der Waals surface area contributed by atoms with E-state index in [2.05, 4.69) is 20.7 Å². The van der Waals surface area contributed by atoms with E-state index < -0.39 is 12.1 Å². The van der Waals surface area contributed by atoms with Gasteiger partial charge in [-0.05, 0) is 43.6 Å². The van der Waals surface area contributed by atoms with Crippen LogP contribution in [-0.4, -0.2) is 70.9 Å². The fourth-order valence-electron chi connectivity index (χ4n) is 4.48. The van der Waals surface area contributed by atoms with Gasteiger partial charge in [-0.2, -0.15) is 18.3 Å². The normalized spacial score (nSPS) is 23.6. The minimum atomic E-state index is -5.08. The summed E-state index contributed by atoms with van der Waals surface area (Å²) in [5, 5.41) is 11.6. The molecule has 3 heterocycles. The molecule has 176 valence electrons. The summed E-state index contributed by atoms with van der Waals surface area (Å²) in [5.41, 5.74) is 1.33. The Balaban J connectivity index is 0.000000339. The minimum absolute atomic E-state index is 0.270. The molecule has 0 amide bonds. The second-order valence-corrected chi connectivity index (χ2v) is 8.66. The average Bonchev–Trinajstić information content (AvgIpc) is 3.36. The standard InChI is InChI=1S/C19H31N3O2.C2HF3O2/c1-2-4-17(3-1)15-24-19-13-21(11-16-6-9-23-10-7-16)12-18-5-8-20-22(18)14-19;3-2(4,5)1(6)7/h5,8,16-17,19H,1-4,6-7,9-15H2;(H,6,7). The van der Waals surface area contributed by atoms with Gasteiger partial charge in [0.05, 0.1) is 18.3 Å². The molecule has 0 aromatic carbocycles. The largest absolute Gasteiger partial charge is 0.490 e. The first kappa shape index (κ1) is 24.0. The number of rotatable bonds is 5. The summed E-state index contributed by atoms with van der Waals surface area (Å²) in [6.07, 6.45) is 4.99. The molecule has 1 aromatic rings. The van der Waals surface area contributed by atoms with Gasteiger partial charge in [-0.3, -0.25) is 9.58 Å². The molecule has 0 spiro atoms. The monoisotopic (exact) mass is 447 g/mol. The van der Waals surface area contributed by atoms with Gasteiger partial charge in [-0.25, -0.2) is 4.79 Å². The van der Waals surface area contributed by atoms with Crippen molar-refractivity contribution >= 4 is 5.97 Å². The molecule has 0 bridgehead atoms. The van der Waals surface area contributed by atoms with Gasteiger partial charge in [0.15, 0.2) is 0 Å². The van der Waals surface area contributed by atoms with Crippen molar-refractivity contribution in [3.8, 4) is 0 Å². The van der Waals surface area contributed by atoms with E-state index in [0.717, 1.165) is 57.8 Å². The van der Waals surface area contributed by atoms with Crippen molar-refractivity contribution in [3.05, 3.63) is 18.0 Å². The molecule has 1 aromatic heterocycles. The number of nitrogens with zero attached hydrogens (tertiary/aromatic N) is 3. The Bertz CT molecular complexity index is 686. The number of alkyl halides is 3. The van der Waals surface area contributed by atoms with Gasteiger partial charge >= 0.3 is 12.1 Å². The zero-order valence-electron chi connectivity index (χ0n) is 17.7. The molecule has 1 N–H and O–H groups in total. The Kier molecular flexibility index (Phi) is 8.74. The molecular weight excluding hydrogens is 415 g/mol. The van der Waals surface area contributed by atoms with Gasteiger partial charge in [0.2, 0.25) is 0 Å². The Morgan fingerprint density at radius 1 is 1.16 bits per heavy atom. The Morgan fingerprint density at radius 2 is 1.84 bits per heavy atom. The second kappa shape index (κ2) is 11.3. The maximum Gasteiger partial charge on any atom is 0.490 e. The molecule has 1 saturated heterocycles. The van der Waals surface area contributed by atoms with Crippen LogP contribution in [0.25, 0.3) is 0 Å². The first-order valence-corrected chi connectivity index (χ1v) is 11.0. The van der Waals surface area contributed by atoms with Crippen LogP contribution in [0.1, 0.15) is 44.2 Å². The highest BCUT2D eigenvalue weighted by Crippen LogP contribution is 2.26. The number of ether oxygens (including phenoxy) is 2. The molecule has 7 nitrogen and oxygen atoms in total. The lowest BCUT2D eigenvalue weighted by Crippen LogP contribution is -2.38. The first-order chi connectivity index (χ1) is 14.8. The summed E-state index contributed by atoms with van der Waals surface area (Å²) in [6, 6.07) is 2.16. The molecule has 1 unspecified atom stereocenters. The van der Waals surface area contributed by atoms with Crippen LogP contribution in [0.3, 0.4) is 0 Å². The van der Waals surface area contributed by atoms with Crippen LogP contribution in [0.2, 0.25) is 0 Å². The van der Waals surface area contributed by atoms with Crippen molar-refractivity contribution in [2.24, 2.45) is 11.8 Å². The zero-order chi connectivity index (χ0) is 22.3. The lowest BCUT2D eigenvalue weighted by molar-refractivity contribution is -0.192. The lowest BCUT2D eigenvalue weighted by Gasteiger charge is -2.30. The van der Waals surface area contributed by atoms with E-state index in [-0.39, 0.29) is 6.10 Å². The van der Waals surface area contributed by atoms with Crippen LogP contribution in [0, 0.1) is 11.8 Å². The lowest BCUT2D eigenvalue weighted by atomic mass is 9.99. The Morgan fingerprint density at radius 3 is 2.48 bits per heavy atom. The first-order valence-electron chi connectivity index (χ1n) is 11.0. The third kappa shape index (κ3) is 7.76. The number of carboxylic acids is 1. The summed E-state index contributed by atoms with van der Waals surface area (Å²) >= 11 is 0. The molecule has 2 aliphatic heterocycles. The Hall–Kier alpha value is -1.65. The summed E-state index contributed by atoms with van der Waals surface area (Å²) in [6.45, 7) is 6.90. The fraction of sp³-hybridized carbons (Fsp3) is 0.810. The van der Waals surface area contributed by atoms with Crippen LogP contribution in [0.5, 0.6) is 0 Å². The zero-order valence-corrected chi connectivity index (χ0v) is 17.7. The summed E-state index contributed by atoms with van der Waals surface area (Å²) in [7, 11) is 0. The van der Waals surface area contributed by atoms with Crippen molar-refractivity contribution < 1.29 is 32.5 Å². The van der Waals surface area contributed by atoms with Crippen molar-refractivity contribution in [2.45, 2.75) is 63.9 Å². The van der Waals surface area contributed by atoms with Gasteiger partial charge in [0.25, 0.3) is 0 Å². The fourth-order valence-corrected chi connectivity index (χ4v) is 4.48.